The van der Waals surface area contributed by atoms with Gasteiger partial charge in [-0.25, -0.2) is 0 Å². The summed E-state index contributed by atoms with van der Waals surface area (Å²) in [6.45, 7) is 4.49. The van der Waals surface area contributed by atoms with Gasteiger partial charge < -0.3 is 4.57 Å². The molecule has 0 saturated heterocycles. The summed E-state index contributed by atoms with van der Waals surface area (Å²) in [6, 6.07) is 13.6. The fourth-order valence-corrected chi connectivity index (χ4v) is 3.04. The lowest BCUT2D eigenvalue weighted by Gasteiger charge is -2.07. The molecule has 118 valence electrons. The Morgan fingerprint density at radius 3 is 2.52 bits per heavy atom. The molecule has 0 aliphatic carbocycles. The fraction of sp³-hybridized carbons (Fsp3) is 0.211. The molecule has 0 saturated carbocycles. The number of benzene rings is 2. The van der Waals surface area contributed by atoms with Gasteiger partial charge in [-0.15, -0.1) is 0 Å². The van der Waals surface area contributed by atoms with Crippen molar-refractivity contribution in [3.63, 3.8) is 0 Å². The van der Waals surface area contributed by atoms with E-state index in [1.165, 1.54) is 0 Å². The van der Waals surface area contributed by atoms with E-state index in [1.54, 1.807) is 6.07 Å². The van der Waals surface area contributed by atoms with Crippen molar-refractivity contribution >= 4 is 39.9 Å². The van der Waals surface area contributed by atoms with Crippen molar-refractivity contribution in [3.8, 4) is 0 Å². The van der Waals surface area contributed by atoms with Gasteiger partial charge in [0.2, 0.25) is 0 Å². The summed E-state index contributed by atoms with van der Waals surface area (Å²) in [5.74, 6) is 0.133. The molecule has 0 aliphatic heterocycles. The second-order valence-electron chi connectivity index (χ2n) is 5.96. The third-order valence-corrected chi connectivity index (χ3v) is 4.65. The largest absolute Gasteiger partial charge is 0.342 e. The number of Topliss-reactive ketones (excluding diaryl/α,β-unsaturated/α-hetero) is 1. The van der Waals surface area contributed by atoms with Gasteiger partial charge in [0, 0.05) is 35.1 Å². The van der Waals surface area contributed by atoms with Gasteiger partial charge in [0.05, 0.1) is 10.0 Å². The van der Waals surface area contributed by atoms with E-state index >= 15 is 0 Å². The van der Waals surface area contributed by atoms with E-state index < -0.39 is 0 Å². The van der Waals surface area contributed by atoms with Gasteiger partial charge in [0.25, 0.3) is 0 Å². The molecule has 0 amide bonds. The number of nitrogens with zero attached hydrogens (tertiary/aromatic N) is 1. The highest BCUT2D eigenvalue weighted by atomic mass is 35.5. The number of aromatic nitrogens is 1. The predicted molar refractivity (Wildman–Crippen MR) is 96.7 cm³/mol. The molecule has 3 aromatic rings. The van der Waals surface area contributed by atoms with Crippen molar-refractivity contribution in [2.24, 2.45) is 5.92 Å². The van der Waals surface area contributed by atoms with E-state index in [4.69, 9.17) is 23.2 Å². The Kier molecular flexibility index (Phi) is 4.47. The number of carbonyl (C=O) groups is 1. The minimum Gasteiger partial charge on any atom is -0.342 e. The number of halogens is 2. The molecule has 0 spiro atoms. The van der Waals surface area contributed by atoms with E-state index in [0.29, 0.717) is 16.6 Å². The van der Waals surface area contributed by atoms with Gasteiger partial charge in [-0.05, 0) is 23.8 Å². The lowest BCUT2D eigenvalue weighted by Crippen LogP contribution is -2.06. The lowest BCUT2D eigenvalue weighted by molar-refractivity contribution is 0.0941. The highest BCUT2D eigenvalue weighted by Crippen LogP contribution is 2.27. The molecule has 1 heterocycles. The first-order valence-corrected chi connectivity index (χ1v) is 8.29. The number of rotatable bonds is 4. The SMILES string of the molecule is CC(C)C(=O)c1cn(Cc2ccc(Cl)c(Cl)c2)c2ccccc12. The highest BCUT2D eigenvalue weighted by Gasteiger charge is 2.17. The second-order valence-corrected chi connectivity index (χ2v) is 6.77. The molecular formula is C19H17Cl2NO. The maximum Gasteiger partial charge on any atom is 0.167 e. The molecule has 1 aromatic heterocycles. The number of hydrogen-bond acceptors (Lipinski definition) is 1. The van der Waals surface area contributed by atoms with Crippen LogP contribution in [0, 0.1) is 5.92 Å². The number of para-hydroxylation sites is 1. The summed E-state index contributed by atoms with van der Waals surface area (Å²) in [7, 11) is 0. The standard InChI is InChI=1S/C19H17Cl2NO/c1-12(2)19(23)15-11-22(18-6-4-3-5-14(15)18)10-13-7-8-16(20)17(21)9-13/h3-9,11-12H,10H2,1-2H3. The zero-order valence-electron chi connectivity index (χ0n) is 13.0. The highest BCUT2D eigenvalue weighted by molar-refractivity contribution is 6.42. The van der Waals surface area contributed by atoms with Crippen LogP contribution in [-0.4, -0.2) is 10.4 Å². The molecule has 0 unspecified atom stereocenters. The molecule has 4 heteroatoms. The lowest BCUT2D eigenvalue weighted by atomic mass is 10.0. The molecule has 3 rings (SSSR count). The molecule has 0 atom stereocenters. The van der Waals surface area contributed by atoms with Crippen molar-refractivity contribution in [2.75, 3.05) is 0 Å². The van der Waals surface area contributed by atoms with Crippen LogP contribution in [0.3, 0.4) is 0 Å². The zero-order valence-corrected chi connectivity index (χ0v) is 14.5. The normalized spacial score (nSPS) is 11.3. The van der Waals surface area contributed by atoms with Crippen LogP contribution in [0.25, 0.3) is 10.9 Å². The average molecular weight is 346 g/mol. The molecule has 0 aliphatic rings. The Morgan fingerprint density at radius 2 is 1.83 bits per heavy atom. The zero-order chi connectivity index (χ0) is 16.6. The monoisotopic (exact) mass is 345 g/mol. The van der Waals surface area contributed by atoms with Crippen molar-refractivity contribution < 1.29 is 4.79 Å². The molecule has 0 N–H and O–H groups in total. The first-order valence-electron chi connectivity index (χ1n) is 7.53. The van der Waals surface area contributed by atoms with Gasteiger partial charge in [-0.3, -0.25) is 4.79 Å². The molecule has 2 nitrogen and oxygen atoms in total. The summed E-state index contributed by atoms with van der Waals surface area (Å²) in [4.78, 5) is 12.5. The Hall–Kier alpha value is -1.77. The van der Waals surface area contributed by atoms with Gasteiger partial charge in [-0.1, -0.05) is 61.3 Å². The van der Waals surface area contributed by atoms with Crippen LogP contribution in [0.4, 0.5) is 0 Å². The molecular weight excluding hydrogens is 329 g/mol. The fourth-order valence-electron chi connectivity index (χ4n) is 2.72. The average Bonchev–Trinajstić information content (AvgIpc) is 2.89. The maximum absolute atomic E-state index is 12.5. The van der Waals surface area contributed by atoms with Crippen LogP contribution in [-0.2, 0) is 6.54 Å². The summed E-state index contributed by atoms with van der Waals surface area (Å²) >= 11 is 12.1. The van der Waals surface area contributed by atoms with Crippen molar-refractivity contribution in [1.29, 1.82) is 0 Å². The van der Waals surface area contributed by atoms with Crippen LogP contribution < -0.4 is 0 Å². The Balaban J connectivity index is 2.07. The van der Waals surface area contributed by atoms with Crippen molar-refractivity contribution in [3.05, 3.63) is 69.8 Å². The van der Waals surface area contributed by atoms with Crippen LogP contribution in [0.1, 0.15) is 29.8 Å². The molecule has 0 fully saturated rings. The number of hydrogen-bond donors (Lipinski definition) is 0. The minimum absolute atomic E-state index is 0.0285. The van der Waals surface area contributed by atoms with E-state index in [9.17, 15) is 4.79 Å². The van der Waals surface area contributed by atoms with Gasteiger partial charge in [-0.2, -0.15) is 0 Å². The molecule has 0 radical (unpaired) electrons. The first-order chi connectivity index (χ1) is 11.0. The third-order valence-electron chi connectivity index (χ3n) is 3.92. The topological polar surface area (TPSA) is 22.0 Å². The van der Waals surface area contributed by atoms with Crippen molar-refractivity contribution in [2.45, 2.75) is 20.4 Å². The van der Waals surface area contributed by atoms with Gasteiger partial charge in [0.1, 0.15) is 0 Å². The molecule has 2 aromatic carbocycles. The molecule has 23 heavy (non-hydrogen) atoms. The minimum atomic E-state index is -0.0285. The van der Waals surface area contributed by atoms with Gasteiger partial charge in [0.15, 0.2) is 5.78 Å². The summed E-state index contributed by atoms with van der Waals surface area (Å²) < 4.78 is 2.09. The Morgan fingerprint density at radius 1 is 1.09 bits per heavy atom. The van der Waals surface area contributed by atoms with Crippen LogP contribution in [0.5, 0.6) is 0 Å². The number of ketones is 1. The Labute approximate surface area is 145 Å². The second kappa shape index (κ2) is 6.38. The predicted octanol–water partition coefficient (Wildman–Crippen LogP) is 5.84. The third kappa shape index (κ3) is 3.15. The maximum atomic E-state index is 12.5. The van der Waals surface area contributed by atoms with E-state index in [1.807, 2.05) is 56.4 Å². The summed E-state index contributed by atoms with van der Waals surface area (Å²) in [5.41, 5.74) is 2.86. The number of carbonyl (C=O) groups excluding carboxylic acids is 1. The van der Waals surface area contributed by atoms with Crippen LogP contribution >= 0.6 is 23.2 Å². The van der Waals surface area contributed by atoms with E-state index in [2.05, 4.69) is 4.57 Å². The quantitative estimate of drug-likeness (QED) is 0.544. The Bertz CT molecular complexity index is 880. The van der Waals surface area contributed by atoms with Crippen molar-refractivity contribution in [1.82, 2.24) is 4.57 Å². The van der Waals surface area contributed by atoms with E-state index in [0.717, 1.165) is 22.0 Å². The first kappa shape index (κ1) is 16.1. The van der Waals surface area contributed by atoms with Gasteiger partial charge >= 0.3 is 0 Å². The smallest absolute Gasteiger partial charge is 0.167 e. The summed E-state index contributed by atoms with van der Waals surface area (Å²) in [6.07, 6.45) is 1.94. The summed E-state index contributed by atoms with van der Waals surface area (Å²) in [5, 5.41) is 2.08. The molecule has 0 bridgehead atoms. The number of fused-ring (bicyclic) bond motifs is 1. The van der Waals surface area contributed by atoms with E-state index in [-0.39, 0.29) is 11.7 Å². The van der Waals surface area contributed by atoms with Crippen LogP contribution in [0.15, 0.2) is 48.7 Å². The van der Waals surface area contributed by atoms with Crippen LogP contribution in [0.2, 0.25) is 10.0 Å².